The van der Waals surface area contributed by atoms with Crippen molar-refractivity contribution in [3.8, 4) is 22.9 Å². The van der Waals surface area contributed by atoms with Crippen molar-refractivity contribution >= 4 is 0 Å². The molecular formula is C15H14N4O2. The summed E-state index contributed by atoms with van der Waals surface area (Å²) in [4.78, 5) is 8.32. The van der Waals surface area contributed by atoms with Gasteiger partial charge in [-0.25, -0.2) is 0 Å². The molecule has 0 fully saturated rings. The molecule has 6 heteroatoms. The molecule has 21 heavy (non-hydrogen) atoms. The highest BCUT2D eigenvalue weighted by atomic mass is 16.5. The van der Waals surface area contributed by atoms with Gasteiger partial charge < -0.3 is 14.6 Å². The molecule has 0 atom stereocenters. The molecular weight excluding hydrogens is 268 g/mol. The average Bonchev–Trinajstić information content (AvgIpc) is 2.98. The molecule has 0 unspecified atom stereocenters. The van der Waals surface area contributed by atoms with Crippen LogP contribution < -0.4 is 10.1 Å². The SMILES string of the molecule is CNCc1nc(-c2cccc(Oc3cccnc3)c2)no1. The molecule has 0 aliphatic rings. The van der Waals surface area contributed by atoms with Gasteiger partial charge in [0, 0.05) is 11.8 Å². The molecule has 2 aromatic heterocycles. The number of hydrogen-bond donors (Lipinski definition) is 1. The minimum Gasteiger partial charge on any atom is -0.456 e. The van der Waals surface area contributed by atoms with Crippen molar-refractivity contribution in [2.45, 2.75) is 6.54 Å². The minimum absolute atomic E-state index is 0.539. The van der Waals surface area contributed by atoms with Gasteiger partial charge in [0.25, 0.3) is 0 Å². The second-order valence-corrected chi connectivity index (χ2v) is 4.36. The lowest BCUT2D eigenvalue weighted by Crippen LogP contribution is -2.04. The molecule has 0 saturated heterocycles. The van der Waals surface area contributed by atoms with Crippen molar-refractivity contribution in [1.29, 1.82) is 0 Å². The summed E-state index contributed by atoms with van der Waals surface area (Å²) in [6, 6.07) is 11.2. The van der Waals surface area contributed by atoms with E-state index < -0.39 is 0 Å². The van der Waals surface area contributed by atoms with Crippen molar-refractivity contribution in [3.63, 3.8) is 0 Å². The van der Waals surface area contributed by atoms with Gasteiger partial charge in [0.2, 0.25) is 11.7 Å². The lowest BCUT2D eigenvalue weighted by atomic mass is 10.2. The zero-order valence-corrected chi connectivity index (χ0v) is 11.5. The third kappa shape index (κ3) is 3.24. The summed E-state index contributed by atoms with van der Waals surface area (Å²) < 4.78 is 10.9. The molecule has 0 aliphatic heterocycles. The van der Waals surface area contributed by atoms with Crippen LogP contribution in [0.5, 0.6) is 11.5 Å². The van der Waals surface area contributed by atoms with E-state index in [-0.39, 0.29) is 0 Å². The number of nitrogens with one attached hydrogen (secondary N) is 1. The minimum atomic E-state index is 0.539. The fourth-order valence-electron chi connectivity index (χ4n) is 1.84. The van der Waals surface area contributed by atoms with Crippen molar-refractivity contribution in [3.05, 3.63) is 54.7 Å². The highest BCUT2D eigenvalue weighted by Crippen LogP contribution is 2.25. The Morgan fingerprint density at radius 2 is 2.10 bits per heavy atom. The number of benzene rings is 1. The standard InChI is InChI=1S/C15H14N4O2/c1-16-10-14-18-15(19-21-14)11-4-2-5-12(8-11)20-13-6-3-7-17-9-13/h2-9,16H,10H2,1H3. The molecule has 106 valence electrons. The molecule has 0 aliphatic carbocycles. The van der Waals surface area contributed by atoms with Crippen LogP contribution in [0.1, 0.15) is 5.89 Å². The van der Waals surface area contributed by atoms with E-state index in [1.54, 1.807) is 12.4 Å². The van der Waals surface area contributed by atoms with Crippen molar-refractivity contribution in [2.75, 3.05) is 7.05 Å². The Morgan fingerprint density at radius 3 is 2.90 bits per heavy atom. The van der Waals surface area contributed by atoms with Crippen molar-refractivity contribution in [2.24, 2.45) is 0 Å². The van der Waals surface area contributed by atoms with Gasteiger partial charge in [0.15, 0.2) is 0 Å². The van der Waals surface area contributed by atoms with Crippen LogP contribution >= 0.6 is 0 Å². The number of nitrogens with zero attached hydrogens (tertiary/aromatic N) is 3. The van der Waals surface area contributed by atoms with E-state index >= 15 is 0 Å². The lowest BCUT2D eigenvalue weighted by Gasteiger charge is -2.05. The maximum Gasteiger partial charge on any atom is 0.240 e. The first kappa shape index (κ1) is 13.3. The Labute approximate surface area is 121 Å². The van der Waals surface area contributed by atoms with Gasteiger partial charge in [-0.2, -0.15) is 4.98 Å². The van der Waals surface area contributed by atoms with Crippen molar-refractivity contribution in [1.82, 2.24) is 20.4 Å². The number of rotatable bonds is 5. The maximum atomic E-state index is 5.73. The Bertz CT molecular complexity index is 712. The predicted octanol–water partition coefficient (Wildman–Crippen LogP) is 2.64. The summed E-state index contributed by atoms with van der Waals surface area (Å²) in [6.07, 6.45) is 3.36. The van der Waals surface area contributed by atoms with E-state index in [4.69, 9.17) is 9.26 Å². The van der Waals surface area contributed by atoms with Gasteiger partial charge in [-0.3, -0.25) is 4.98 Å². The highest BCUT2D eigenvalue weighted by Gasteiger charge is 2.09. The van der Waals surface area contributed by atoms with E-state index in [1.165, 1.54) is 0 Å². The van der Waals surface area contributed by atoms with Gasteiger partial charge in [-0.15, -0.1) is 0 Å². The van der Waals surface area contributed by atoms with Crippen LogP contribution in [0.25, 0.3) is 11.4 Å². The Morgan fingerprint density at radius 1 is 1.19 bits per heavy atom. The molecule has 3 aromatic rings. The monoisotopic (exact) mass is 282 g/mol. The molecule has 1 N–H and O–H groups in total. The van der Waals surface area contributed by atoms with Gasteiger partial charge in [-0.1, -0.05) is 17.3 Å². The first-order valence-electron chi connectivity index (χ1n) is 6.50. The van der Waals surface area contributed by atoms with E-state index in [1.807, 2.05) is 43.4 Å². The molecule has 3 rings (SSSR count). The van der Waals surface area contributed by atoms with Crippen LogP contribution in [-0.2, 0) is 6.54 Å². The largest absolute Gasteiger partial charge is 0.456 e. The summed E-state index contributed by atoms with van der Waals surface area (Å²) in [5.41, 5.74) is 0.836. The number of hydrogen-bond acceptors (Lipinski definition) is 6. The van der Waals surface area contributed by atoms with Gasteiger partial charge in [0.05, 0.1) is 12.7 Å². The Kier molecular flexibility index (Phi) is 3.88. The van der Waals surface area contributed by atoms with E-state index in [2.05, 4.69) is 20.4 Å². The molecule has 0 spiro atoms. The summed E-state index contributed by atoms with van der Waals surface area (Å²) in [5, 5.41) is 6.92. The smallest absolute Gasteiger partial charge is 0.240 e. The summed E-state index contributed by atoms with van der Waals surface area (Å²) in [5.74, 6) is 2.46. The summed E-state index contributed by atoms with van der Waals surface area (Å²) in [6.45, 7) is 0.541. The quantitative estimate of drug-likeness (QED) is 0.775. The van der Waals surface area contributed by atoms with Gasteiger partial charge in [-0.05, 0) is 31.3 Å². The Balaban J connectivity index is 1.82. The second-order valence-electron chi connectivity index (χ2n) is 4.36. The van der Waals surface area contributed by atoms with Crippen LogP contribution in [0.3, 0.4) is 0 Å². The van der Waals surface area contributed by atoms with Crippen LogP contribution in [0, 0.1) is 0 Å². The Hall–Kier alpha value is -2.73. The highest BCUT2D eigenvalue weighted by molar-refractivity contribution is 5.57. The van der Waals surface area contributed by atoms with E-state index in [9.17, 15) is 0 Å². The average molecular weight is 282 g/mol. The summed E-state index contributed by atoms with van der Waals surface area (Å²) in [7, 11) is 1.83. The number of ether oxygens (including phenoxy) is 1. The van der Waals surface area contributed by atoms with Gasteiger partial charge >= 0.3 is 0 Å². The topological polar surface area (TPSA) is 73.1 Å². The van der Waals surface area contributed by atoms with Crippen LogP contribution in [0.15, 0.2) is 53.3 Å². The number of pyridine rings is 1. The van der Waals surface area contributed by atoms with Crippen LogP contribution in [-0.4, -0.2) is 22.2 Å². The number of aromatic nitrogens is 3. The molecule has 1 aromatic carbocycles. The zero-order chi connectivity index (χ0) is 14.5. The third-order valence-corrected chi connectivity index (χ3v) is 2.76. The maximum absolute atomic E-state index is 5.73. The van der Waals surface area contributed by atoms with Crippen LogP contribution in [0.4, 0.5) is 0 Å². The second kappa shape index (κ2) is 6.15. The molecule has 2 heterocycles. The van der Waals surface area contributed by atoms with E-state index in [0.29, 0.717) is 29.8 Å². The van der Waals surface area contributed by atoms with Crippen LogP contribution in [0.2, 0.25) is 0 Å². The summed E-state index contributed by atoms with van der Waals surface area (Å²) >= 11 is 0. The molecule has 0 amide bonds. The first-order valence-corrected chi connectivity index (χ1v) is 6.50. The van der Waals surface area contributed by atoms with Crippen molar-refractivity contribution < 1.29 is 9.26 Å². The molecule has 0 bridgehead atoms. The molecule has 0 saturated carbocycles. The predicted molar refractivity (Wildman–Crippen MR) is 76.8 cm³/mol. The molecule has 0 radical (unpaired) electrons. The normalized spacial score (nSPS) is 10.5. The fraction of sp³-hybridized carbons (Fsp3) is 0.133. The molecule has 6 nitrogen and oxygen atoms in total. The first-order chi connectivity index (χ1) is 10.3. The zero-order valence-electron chi connectivity index (χ0n) is 11.5. The third-order valence-electron chi connectivity index (χ3n) is 2.76. The fourth-order valence-corrected chi connectivity index (χ4v) is 1.84. The lowest BCUT2D eigenvalue weighted by molar-refractivity contribution is 0.372. The van der Waals surface area contributed by atoms with E-state index in [0.717, 1.165) is 5.56 Å². The van der Waals surface area contributed by atoms with Gasteiger partial charge in [0.1, 0.15) is 11.5 Å².